The van der Waals surface area contributed by atoms with E-state index in [1.54, 1.807) is 12.1 Å². The molecule has 1 heterocycles. The minimum atomic E-state index is -0.483. The first-order chi connectivity index (χ1) is 12.0. The van der Waals surface area contributed by atoms with Gasteiger partial charge in [-0.1, -0.05) is 22.0 Å². The summed E-state index contributed by atoms with van der Waals surface area (Å²) in [6.07, 6.45) is 3.02. The molecule has 0 aromatic heterocycles. The van der Waals surface area contributed by atoms with Crippen molar-refractivity contribution in [3.63, 3.8) is 0 Å². The Bertz CT molecular complexity index is 776. The summed E-state index contributed by atoms with van der Waals surface area (Å²) in [5.41, 5.74) is 2.62. The maximum absolute atomic E-state index is 13.8. The molecule has 1 aliphatic heterocycles. The Morgan fingerprint density at radius 3 is 2.72 bits per heavy atom. The SMILES string of the molecule is Cc1ccc(F)c(NC(=O)Nc2ccc(Br)cc2C2CCCCO2)c1. The number of urea groups is 1. The Hall–Kier alpha value is -1.92. The summed E-state index contributed by atoms with van der Waals surface area (Å²) in [7, 11) is 0. The fourth-order valence-corrected chi connectivity index (χ4v) is 3.29. The van der Waals surface area contributed by atoms with Crippen LogP contribution in [0.1, 0.15) is 36.5 Å². The summed E-state index contributed by atoms with van der Waals surface area (Å²) in [6.45, 7) is 2.56. The van der Waals surface area contributed by atoms with Gasteiger partial charge in [-0.3, -0.25) is 0 Å². The van der Waals surface area contributed by atoms with Gasteiger partial charge < -0.3 is 15.4 Å². The van der Waals surface area contributed by atoms with Crippen molar-refractivity contribution in [3.05, 3.63) is 57.8 Å². The van der Waals surface area contributed by atoms with Crippen LogP contribution < -0.4 is 10.6 Å². The molecule has 1 fully saturated rings. The van der Waals surface area contributed by atoms with Crippen LogP contribution in [0.5, 0.6) is 0 Å². The van der Waals surface area contributed by atoms with Gasteiger partial charge in [-0.2, -0.15) is 0 Å². The molecule has 1 saturated heterocycles. The fraction of sp³-hybridized carbons (Fsp3) is 0.316. The van der Waals surface area contributed by atoms with Gasteiger partial charge in [0.15, 0.2) is 0 Å². The zero-order valence-corrected chi connectivity index (χ0v) is 15.5. The molecule has 1 aliphatic rings. The van der Waals surface area contributed by atoms with Crippen LogP contribution in [-0.4, -0.2) is 12.6 Å². The Kier molecular flexibility index (Phi) is 5.71. The molecule has 132 valence electrons. The van der Waals surface area contributed by atoms with E-state index >= 15 is 0 Å². The molecule has 2 aromatic rings. The van der Waals surface area contributed by atoms with Gasteiger partial charge in [-0.25, -0.2) is 9.18 Å². The van der Waals surface area contributed by atoms with Crippen molar-refractivity contribution in [1.82, 2.24) is 0 Å². The van der Waals surface area contributed by atoms with Crippen molar-refractivity contribution in [1.29, 1.82) is 0 Å². The number of ether oxygens (including phenoxy) is 1. The molecule has 4 nitrogen and oxygen atoms in total. The number of benzene rings is 2. The Morgan fingerprint density at radius 1 is 1.16 bits per heavy atom. The number of rotatable bonds is 3. The number of amides is 2. The molecule has 0 radical (unpaired) electrons. The van der Waals surface area contributed by atoms with Crippen LogP contribution in [0.15, 0.2) is 40.9 Å². The summed E-state index contributed by atoms with van der Waals surface area (Å²) in [5, 5.41) is 5.38. The maximum Gasteiger partial charge on any atom is 0.323 e. The number of carbonyl (C=O) groups excluding carboxylic acids is 1. The van der Waals surface area contributed by atoms with Crippen LogP contribution >= 0.6 is 15.9 Å². The largest absolute Gasteiger partial charge is 0.373 e. The number of aryl methyl sites for hydroxylation is 1. The topological polar surface area (TPSA) is 50.4 Å². The van der Waals surface area contributed by atoms with Crippen LogP contribution in [0.4, 0.5) is 20.6 Å². The molecule has 3 rings (SSSR count). The molecule has 1 unspecified atom stereocenters. The second-order valence-corrected chi connectivity index (χ2v) is 7.06. The summed E-state index contributed by atoms with van der Waals surface area (Å²) in [5.74, 6) is -0.465. The minimum absolute atomic E-state index is 0.0442. The fourth-order valence-electron chi connectivity index (χ4n) is 2.91. The summed E-state index contributed by atoms with van der Waals surface area (Å²) < 4.78 is 20.6. The molecule has 0 spiro atoms. The predicted octanol–water partition coefficient (Wildman–Crippen LogP) is 5.78. The van der Waals surface area contributed by atoms with Crippen LogP contribution in [0, 0.1) is 12.7 Å². The molecular weight excluding hydrogens is 387 g/mol. The lowest BCUT2D eigenvalue weighted by molar-refractivity contribution is 0.0153. The summed E-state index contributed by atoms with van der Waals surface area (Å²) in [6, 6.07) is 9.75. The number of anilines is 2. The Balaban J connectivity index is 1.77. The lowest BCUT2D eigenvalue weighted by Gasteiger charge is -2.25. The first-order valence-corrected chi connectivity index (χ1v) is 9.07. The third-order valence-corrected chi connectivity index (χ3v) is 4.65. The van der Waals surface area contributed by atoms with Gasteiger partial charge in [0.05, 0.1) is 11.8 Å². The highest BCUT2D eigenvalue weighted by Crippen LogP contribution is 2.34. The molecule has 0 saturated carbocycles. The standard InChI is InChI=1S/C19H20BrFN2O2/c1-12-5-7-15(21)17(10-12)23-19(24)22-16-8-6-13(20)11-14(16)18-4-2-3-9-25-18/h5-8,10-11,18H,2-4,9H2,1H3,(H2,22,23,24). The van der Waals surface area contributed by atoms with Gasteiger partial charge in [0.1, 0.15) is 5.82 Å². The van der Waals surface area contributed by atoms with Gasteiger partial charge >= 0.3 is 6.03 Å². The molecule has 6 heteroatoms. The van der Waals surface area contributed by atoms with Crippen molar-refractivity contribution in [3.8, 4) is 0 Å². The number of halogens is 2. The number of hydrogen-bond donors (Lipinski definition) is 2. The zero-order chi connectivity index (χ0) is 17.8. The Labute approximate surface area is 154 Å². The summed E-state index contributed by atoms with van der Waals surface area (Å²) in [4.78, 5) is 12.3. The van der Waals surface area contributed by atoms with Crippen LogP contribution in [0.3, 0.4) is 0 Å². The lowest BCUT2D eigenvalue weighted by Crippen LogP contribution is -2.22. The van der Waals surface area contributed by atoms with E-state index in [0.29, 0.717) is 5.69 Å². The highest BCUT2D eigenvalue weighted by molar-refractivity contribution is 9.10. The summed E-state index contributed by atoms with van der Waals surface area (Å²) >= 11 is 3.47. The lowest BCUT2D eigenvalue weighted by atomic mass is 10.00. The van der Waals surface area contributed by atoms with E-state index in [4.69, 9.17) is 4.74 Å². The van der Waals surface area contributed by atoms with Gasteiger partial charge in [-0.05, 0) is 62.1 Å². The molecule has 1 atom stereocenters. The van der Waals surface area contributed by atoms with E-state index in [-0.39, 0.29) is 11.8 Å². The van der Waals surface area contributed by atoms with Crippen molar-refractivity contribution in [2.75, 3.05) is 17.2 Å². The molecule has 2 amide bonds. The Morgan fingerprint density at radius 2 is 1.96 bits per heavy atom. The van der Waals surface area contributed by atoms with E-state index in [2.05, 4.69) is 26.6 Å². The van der Waals surface area contributed by atoms with Crippen LogP contribution in [-0.2, 0) is 4.74 Å². The van der Waals surface area contributed by atoms with Crippen LogP contribution in [0.2, 0.25) is 0 Å². The highest BCUT2D eigenvalue weighted by Gasteiger charge is 2.20. The molecule has 25 heavy (non-hydrogen) atoms. The average molecular weight is 407 g/mol. The molecule has 0 aliphatic carbocycles. The number of nitrogens with one attached hydrogen (secondary N) is 2. The van der Waals surface area contributed by atoms with Gasteiger partial charge in [0.25, 0.3) is 0 Å². The normalized spacial score (nSPS) is 17.2. The van der Waals surface area contributed by atoms with E-state index < -0.39 is 11.8 Å². The monoisotopic (exact) mass is 406 g/mol. The second kappa shape index (κ2) is 7.97. The highest BCUT2D eigenvalue weighted by atomic mass is 79.9. The van der Waals surface area contributed by atoms with Crippen molar-refractivity contribution in [2.24, 2.45) is 0 Å². The molecule has 2 aromatic carbocycles. The first kappa shape index (κ1) is 17.9. The average Bonchev–Trinajstić information content (AvgIpc) is 2.60. The first-order valence-electron chi connectivity index (χ1n) is 8.28. The van der Waals surface area contributed by atoms with E-state index in [9.17, 15) is 9.18 Å². The third kappa shape index (κ3) is 4.58. The predicted molar refractivity (Wildman–Crippen MR) is 100 cm³/mol. The van der Waals surface area contributed by atoms with Crippen molar-refractivity contribution >= 4 is 33.3 Å². The number of hydrogen-bond acceptors (Lipinski definition) is 2. The van der Waals surface area contributed by atoms with Crippen LogP contribution in [0.25, 0.3) is 0 Å². The van der Waals surface area contributed by atoms with E-state index in [0.717, 1.165) is 41.5 Å². The molecular formula is C19H20BrFN2O2. The van der Waals surface area contributed by atoms with Crippen molar-refractivity contribution < 1.29 is 13.9 Å². The number of carbonyl (C=O) groups is 1. The third-order valence-electron chi connectivity index (χ3n) is 4.16. The smallest absolute Gasteiger partial charge is 0.323 e. The minimum Gasteiger partial charge on any atom is -0.373 e. The van der Waals surface area contributed by atoms with Gasteiger partial charge in [0.2, 0.25) is 0 Å². The van der Waals surface area contributed by atoms with Crippen molar-refractivity contribution in [2.45, 2.75) is 32.3 Å². The molecule has 2 N–H and O–H groups in total. The van der Waals surface area contributed by atoms with E-state index in [1.165, 1.54) is 6.07 Å². The maximum atomic E-state index is 13.8. The van der Waals surface area contributed by atoms with Gasteiger partial charge in [-0.15, -0.1) is 0 Å². The zero-order valence-electron chi connectivity index (χ0n) is 13.9. The second-order valence-electron chi connectivity index (χ2n) is 6.15. The van der Waals surface area contributed by atoms with E-state index in [1.807, 2.05) is 25.1 Å². The van der Waals surface area contributed by atoms with Gasteiger partial charge in [0, 0.05) is 22.3 Å². The molecule has 0 bridgehead atoms. The quantitative estimate of drug-likeness (QED) is 0.678.